The van der Waals surface area contributed by atoms with E-state index >= 15 is 0 Å². The van der Waals surface area contributed by atoms with Crippen molar-refractivity contribution in [3.8, 4) is 11.1 Å². The minimum Gasteiger partial charge on any atom is -0.302 e. The maximum atomic E-state index is 12.1. The molecule has 0 amide bonds. The number of nitrogens with one attached hydrogen (secondary N) is 1. The topological polar surface area (TPSA) is 41.0 Å². The Morgan fingerprint density at radius 3 is 2.50 bits per heavy atom. The summed E-state index contributed by atoms with van der Waals surface area (Å²) in [5.74, 6) is 0. The van der Waals surface area contributed by atoms with Crippen molar-refractivity contribution in [1.82, 2.24) is 14.7 Å². The number of piperidine rings is 1. The summed E-state index contributed by atoms with van der Waals surface area (Å²) < 4.78 is 1.87. The minimum atomic E-state index is -0.0817. The molecule has 2 heterocycles. The molecule has 1 aliphatic heterocycles. The lowest BCUT2D eigenvalue weighted by molar-refractivity contribution is 0.218. The molecule has 0 aliphatic carbocycles. The van der Waals surface area contributed by atoms with E-state index in [9.17, 15) is 4.79 Å². The quantitative estimate of drug-likeness (QED) is 0.925. The van der Waals surface area contributed by atoms with Gasteiger partial charge in [0.25, 0.3) is 5.56 Å². The highest BCUT2D eigenvalue weighted by Crippen LogP contribution is 2.24. The fraction of sp³-hybridized carbons (Fsp3) is 0.438. The van der Waals surface area contributed by atoms with Gasteiger partial charge in [-0.15, -0.1) is 12.4 Å². The molecule has 0 unspecified atom stereocenters. The Balaban J connectivity index is 0.00000176. The molecule has 1 aliphatic rings. The lowest BCUT2D eigenvalue weighted by Crippen LogP contribution is -2.32. The Hall–Kier alpha value is -1.23. The third-order valence-corrected chi connectivity index (χ3v) is 4.37. The molecular formula is C16H21Cl2N3O. The molecule has 2 aromatic rings. The SMILES string of the molecule is Cl.O=c1[nH]n(CCN2CCCCC2)cc1-c1ccccc1Cl. The van der Waals surface area contributed by atoms with E-state index in [1.54, 1.807) is 6.07 Å². The van der Waals surface area contributed by atoms with Gasteiger partial charge in [-0.3, -0.25) is 14.6 Å². The third kappa shape index (κ3) is 3.94. The molecule has 22 heavy (non-hydrogen) atoms. The van der Waals surface area contributed by atoms with Crippen LogP contribution in [0, 0.1) is 0 Å². The van der Waals surface area contributed by atoms with Crippen LogP contribution in [0.2, 0.25) is 5.02 Å². The summed E-state index contributed by atoms with van der Waals surface area (Å²) in [5.41, 5.74) is 1.35. The van der Waals surface area contributed by atoms with Gasteiger partial charge in [0, 0.05) is 23.3 Å². The monoisotopic (exact) mass is 341 g/mol. The van der Waals surface area contributed by atoms with Crippen molar-refractivity contribution < 1.29 is 0 Å². The Morgan fingerprint density at radius 2 is 1.77 bits per heavy atom. The van der Waals surface area contributed by atoms with Crippen molar-refractivity contribution in [1.29, 1.82) is 0 Å². The highest BCUT2D eigenvalue weighted by Gasteiger charge is 2.12. The molecule has 0 atom stereocenters. The number of aromatic amines is 1. The van der Waals surface area contributed by atoms with Crippen LogP contribution in [0.25, 0.3) is 11.1 Å². The Labute approximate surface area is 141 Å². The second-order valence-corrected chi connectivity index (χ2v) is 5.97. The predicted molar refractivity (Wildman–Crippen MR) is 93.0 cm³/mol. The number of nitrogens with zero attached hydrogens (tertiary/aromatic N) is 2. The number of likely N-dealkylation sites (tertiary alicyclic amines) is 1. The lowest BCUT2D eigenvalue weighted by atomic mass is 10.1. The molecule has 0 saturated carbocycles. The van der Waals surface area contributed by atoms with Gasteiger partial charge in [0.05, 0.1) is 12.1 Å². The molecule has 0 spiro atoms. The highest BCUT2D eigenvalue weighted by molar-refractivity contribution is 6.33. The van der Waals surface area contributed by atoms with E-state index in [1.807, 2.05) is 29.1 Å². The van der Waals surface area contributed by atoms with E-state index in [1.165, 1.54) is 32.4 Å². The van der Waals surface area contributed by atoms with Crippen molar-refractivity contribution in [3.63, 3.8) is 0 Å². The van der Waals surface area contributed by atoms with Crippen LogP contribution in [-0.2, 0) is 6.54 Å². The minimum absolute atomic E-state index is 0. The van der Waals surface area contributed by atoms with Crippen LogP contribution in [0.15, 0.2) is 35.3 Å². The van der Waals surface area contributed by atoms with Gasteiger partial charge in [0.2, 0.25) is 0 Å². The molecule has 4 nitrogen and oxygen atoms in total. The number of hydrogen-bond donors (Lipinski definition) is 1. The van der Waals surface area contributed by atoms with Crippen LogP contribution in [-0.4, -0.2) is 34.3 Å². The van der Waals surface area contributed by atoms with E-state index in [0.29, 0.717) is 10.6 Å². The number of aromatic nitrogens is 2. The van der Waals surface area contributed by atoms with Gasteiger partial charge in [-0.2, -0.15) is 0 Å². The van der Waals surface area contributed by atoms with Crippen LogP contribution in [0.4, 0.5) is 0 Å². The van der Waals surface area contributed by atoms with Gasteiger partial charge in [0.15, 0.2) is 0 Å². The fourth-order valence-corrected chi connectivity index (χ4v) is 3.10. The van der Waals surface area contributed by atoms with Gasteiger partial charge in [-0.25, -0.2) is 0 Å². The molecule has 6 heteroatoms. The first-order valence-corrected chi connectivity index (χ1v) is 7.88. The van der Waals surface area contributed by atoms with Crippen molar-refractivity contribution in [2.45, 2.75) is 25.8 Å². The van der Waals surface area contributed by atoms with Gasteiger partial charge in [-0.1, -0.05) is 36.2 Å². The average molecular weight is 342 g/mol. The van der Waals surface area contributed by atoms with Crippen molar-refractivity contribution in [2.75, 3.05) is 19.6 Å². The molecule has 0 bridgehead atoms. The second kappa shape index (κ2) is 7.86. The predicted octanol–water partition coefficient (Wildman–Crippen LogP) is 3.40. The molecule has 120 valence electrons. The van der Waals surface area contributed by atoms with Crippen LogP contribution < -0.4 is 5.56 Å². The third-order valence-electron chi connectivity index (χ3n) is 4.04. The summed E-state index contributed by atoms with van der Waals surface area (Å²) in [5, 5.41) is 3.49. The van der Waals surface area contributed by atoms with E-state index in [2.05, 4.69) is 10.00 Å². The van der Waals surface area contributed by atoms with Crippen LogP contribution >= 0.6 is 24.0 Å². The lowest BCUT2D eigenvalue weighted by Gasteiger charge is -2.26. The van der Waals surface area contributed by atoms with Gasteiger partial charge >= 0.3 is 0 Å². The zero-order valence-corrected chi connectivity index (χ0v) is 14.0. The molecule has 1 N–H and O–H groups in total. The maximum absolute atomic E-state index is 12.1. The van der Waals surface area contributed by atoms with Crippen LogP contribution in [0.1, 0.15) is 19.3 Å². The number of benzene rings is 1. The van der Waals surface area contributed by atoms with E-state index < -0.39 is 0 Å². The van der Waals surface area contributed by atoms with E-state index in [0.717, 1.165) is 18.7 Å². The van der Waals surface area contributed by atoms with Gasteiger partial charge < -0.3 is 4.90 Å². The van der Waals surface area contributed by atoms with Crippen molar-refractivity contribution >= 4 is 24.0 Å². The van der Waals surface area contributed by atoms with E-state index in [4.69, 9.17) is 11.6 Å². The van der Waals surface area contributed by atoms with E-state index in [-0.39, 0.29) is 18.0 Å². The molecule has 0 radical (unpaired) electrons. The summed E-state index contributed by atoms with van der Waals surface area (Å²) in [6.45, 7) is 4.12. The highest BCUT2D eigenvalue weighted by atomic mass is 35.5. The summed E-state index contributed by atoms with van der Waals surface area (Å²) in [6, 6.07) is 7.45. The molecule has 1 aromatic heterocycles. The van der Waals surface area contributed by atoms with Crippen LogP contribution in [0.3, 0.4) is 0 Å². The Bertz CT molecular complexity index is 659. The van der Waals surface area contributed by atoms with Gasteiger partial charge in [0.1, 0.15) is 0 Å². The molecule has 1 saturated heterocycles. The zero-order chi connectivity index (χ0) is 14.7. The molecular weight excluding hydrogens is 321 g/mol. The number of halogens is 2. The first-order chi connectivity index (χ1) is 10.2. The maximum Gasteiger partial charge on any atom is 0.271 e. The van der Waals surface area contributed by atoms with Gasteiger partial charge in [-0.05, 0) is 32.0 Å². The number of hydrogen-bond acceptors (Lipinski definition) is 2. The zero-order valence-electron chi connectivity index (χ0n) is 12.4. The van der Waals surface area contributed by atoms with Crippen molar-refractivity contribution in [2.24, 2.45) is 0 Å². The Kier molecular flexibility index (Phi) is 6.12. The number of rotatable bonds is 4. The number of H-pyrrole nitrogens is 1. The fourth-order valence-electron chi connectivity index (χ4n) is 2.86. The molecule has 1 aromatic carbocycles. The van der Waals surface area contributed by atoms with Crippen LogP contribution in [0.5, 0.6) is 0 Å². The summed E-state index contributed by atoms with van der Waals surface area (Å²) in [7, 11) is 0. The normalized spacial score (nSPS) is 15.5. The second-order valence-electron chi connectivity index (χ2n) is 5.56. The molecule has 3 rings (SSSR count). The average Bonchev–Trinajstić information content (AvgIpc) is 2.88. The summed E-state index contributed by atoms with van der Waals surface area (Å²) in [6.07, 6.45) is 5.78. The Morgan fingerprint density at radius 1 is 1.05 bits per heavy atom. The van der Waals surface area contributed by atoms with Crippen molar-refractivity contribution in [3.05, 3.63) is 45.8 Å². The first kappa shape index (κ1) is 17.1. The summed E-state index contributed by atoms with van der Waals surface area (Å²) in [4.78, 5) is 14.6. The smallest absolute Gasteiger partial charge is 0.271 e. The standard InChI is InChI=1S/C16H20ClN3O.ClH/c17-15-7-3-2-6-13(15)14-12-20(18-16(14)21)11-10-19-8-4-1-5-9-19;/h2-3,6-7,12H,1,4-5,8-11H2,(H,18,21);1H. The molecule has 1 fully saturated rings. The summed E-state index contributed by atoms with van der Waals surface area (Å²) >= 11 is 6.17. The largest absolute Gasteiger partial charge is 0.302 e. The first-order valence-electron chi connectivity index (χ1n) is 7.51.